The number of carbonyl (C=O) groups is 2. The number of hydrogen-bond acceptors (Lipinski definition) is 5. The first-order valence-electron chi connectivity index (χ1n) is 27.8. The molecule has 6 heteroatoms. The van der Waals surface area contributed by atoms with Crippen LogP contribution in [0.5, 0.6) is 0 Å². The SMILES string of the molecule is CCCCC/C=C\C/C=C\CCCCCCCC(=O)OCCCCCCCCCCCCCCCCCCCCCCCC(=O)NC(CO)C(O)/C=C/CCCCCCCCCC. The van der Waals surface area contributed by atoms with Crippen molar-refractivity contribution < 1.29 is 24.5 Å². The number of amides is 1. The predicted molar refractivity (Wildman–Crippen MR) is 273 cm³/mol. The Hall–Kier alpha value is -1.92. The summed E-state index contributed by atoms with van der Waals surface area (Å²) in [4.78, 5) is 24.4. The lowest BCUT2D eigenvalue weighted by atomic mass is 10.0. The van der Waals surface area contributed by atoms with Crippen molar-refractivity contribution >= 4 is 11.9 Å². The summed E-state index contributed by atoms with van der Waals surface area (Å²) in [7, 11) is 0. The summed E-state index contributed by atoms with van der Waals surface area (Å²) in [5.74, 6) is -0.0745. The van der Waals surface area contributed by atoms with E-state index < -0.39 is 12.1 Å². The molecule has 0 aliphatic carbocycles. The molecule has 3 N–H and O–H groups in total. The molecule has 0 saturated carbocycles. The Bertz CT molecular complexity index is 1020. The summed E-state index contributed by atoms with van der Waals surface area (Å²) in [6.45, 7) is 4.85. The summed E-state index contributed by atoms with van der Waals surface area (Å²) >= 11 is 0. The summed E-state index contributed by atoms with van der Waals surface area (Å²) < 4.78 is 5.47. The van der Waals surface area contributed by atoms with Gasteiger partial charge < -0.3 is 20.3 Å². The quantitative estimate of drug-likeness (QED) is 0.0321. The molecule has 0 aliphatic heterocycles. The fourth-order valence-corrected chi connectivity index (χ4v) is 8.37. The van der Waals surface area contributed by atoms with E-state index in [1.165, 1.54) is 212 Å². The van der Waals surface area contributed by atoms with Crippen LogP contribution in [0, 0.1) is 0 Å². The van der Waals surface area contributed by atoms with E-state index in [1.54, 1.807) is 6.08 Å². The first kappa shape index (κ1) is 61.1. The van der Waals surface area contributed by atoms with Gasteiger partial charge in [-0.3, -0.25) is 9.59 Å². The molecule has 63 heavy (non-hydrogen) atoms. The van der Waals surface area contributed by atoms with E-state index in [0.717, 1.165) is 51.4 Å². The number of aliphatic hydroxyl groups is 2. The second kappa shape index (κ2) is 52.7. The summed E-state index contributed by atoms with van der Waals surface area (Å²) in [5.41, 5.74) is 0. The molecule has 0 saturated heterocycles. The van der Waals surface area contributed by atoms with E-state index in [4.69, 9.17) is 4.74 Å². The largest absolute Gasteiger partial charge is 0.466 e. The van der Waals surface area contributed by atoms with Gasteiger partial charge in [0.2, 0.25) is 5.91 Å². The van der Waals surface area contributed by atoms with Crippen LogP contribution in [0.2, 0.25) is 0 Å². The molecule has 0 fully saturated rings. The van der Waals surface area contributed by atoms with E-state index in [-0.39, 0.29) is 18.5 Å². The first-order valence-corrected chi connectivity index (χ1v) is 27.8. The maximum atomic E-state index is 12.4. The van der Waals surface area contributed by atoms with Crippen LogP contribution in [0.3, 0.4) is 0 Å². The molecule has 2 atom stereocenters. The van der Waals surface area contributed by atoms with Gasteiger partial charge in [-0.05, 0) is 64.2 Å². The molecule has 0 heterocycles. The Morgan fingerprint density at radius 1 is 0.444 bits per heavy atom. The number of esters is 1. The molecular weight excluding hydrogens is 779 g/mol. The smallest absolute Gasteiger partial charge is 0.305 e. The van der Waals surface area contributed by atoms with Crippen molar-refractivity contribution in [3.63, 3.8) is 0 Å². The van der Waals surface area contributed by atoms with Crippen molar-refractivity contribution in [2.75, 3.05) is 13.2 Å². The zero-order chi connectivity index (χ0) is 45.8. The molecule has 0 aromatic heterocycles. The van der Waals surface area contributed by atoms with E-state index in [2.05, 4.69) is 43.5 Å². The Kier molecular flexibility index (Phi) is 51.1. The van der Waals surface area contributed by atoms with Crippen molar-refractivity contribution in [3.05, 3.63) is 36.5 Å². The molecule has 370 valence electrons. The molecule has 0 aliphatic rings. The van der Waals surface area contributed by atoms with Crippen LogP contribution in [-0.4, -0.2) is 47.4 Å². The normalized spacial score (nSPS) is 12.9. The highest BCUT2D eigenvalue weighted by atomic mass is 16.5. The minimum absolute atomic E-state index is 0.00319. The monoisotopic (exact) mass is 886 g/mol. The van der Waals surface area contributed by atoms with Crippen LogP contribution >= 0.6 is 0 Å². The van der Waals surface area contributed by atoms with Gasteiger partial charge in [0.25, 0.3) is 0 Å². The molecule has 0 aromatic carbocycles. The van der Waals surface area contributed by atoms with Crippen molar-refractivity contribution in [1.29, 1.82) is 0 Å². The van der Waals surface area contributed by atoms with Gasteiger partial charge in [-0.15, -0.1) is 0 Å². The van der Waals surface area contributed by atoms with Gasteiger partial charge >= 0.3 is 5.97 Å². The number of hydrogen-bond donors (Lipinski definition) is 3. The van der Waals surface area contributed by atoms with Gasteiger partial charge in [-0.2, -0.15) is 0 Å². The Morgan fingerprint density at radius 3 is 1.24 bits per heavy atom. The molecule has 6 nitrogen and oxygen atoms in total. The van der Waals surface area contributed by atoms with Gasteiger partial charge in [-0.1, -0.05) is 249 Å². The van der Waals surface area contributed by atoms with Crippen LogP contribution < -0.4 is 5.32 Å². The number of carbonyl (C=O) groups excluding carboxylic acids is 2. The highest BCUT2D eigenvalue weighted by Gasteiger charge is 2.18. The summed E-state index contributed by atoms with van der Waals surface area (Å²) in [5, 5.41) is 23.0. The maximum Gasteiger partial charge on any atom is 0.305 e. The zero-order valence-electron chi connectivity index (χ0n) is 42.1. The Balaban J connectivity index is 3.39. The van der Waals surface area contributed by atoms with E-state index in [0.29, 0.717) is 19.4 Å². The zero-order valence-corrected chi connectivity index (χ0v) is 42.1. The molecule has 2 unspecified atom stereocenters. The average Bonchev–Trinajstić information content (AvgIpc) is 3.28. The van der Waals surface area contributed by atoms with Crippen LogP contribution in [0.4, 0.5) is 0 Å². The lowest BCUT2D eigenvalue weighted by Gasteiger charge is -2.20. The number of unbranched alkanes of at least 4 members (excludes halogenated alkanes) is 36. The van der Waals surface area contributed by atoms with Gasteiger partial charge in [-0.25, -0.2) is 0 Å². The Morgan fingerprint density at radius 2 is 0.794 bits per heavy atom. The van der Waals surface area contributed by atoms with Crippen molar-refractivity contribution in [2.45, 2.75) is 302 Å². The number of allylic oxidation sites excluding steroid dienone is 5. The minimum Gasteiger partial charge on any atom is -0.466 e. The first-order chi connectivity index (χ1) is 31.0. The van der Waals surface area contributed by atoms with Gasteiger partial charge in [0, 0.05) is 12.8 Å². The number of rotatable bonds is 51. The number of nitrogens with one attached hydrogen (secondary N) is 1. The molecule has 1 amide bonds. The lowest BCUT2D eigenvalue weighted by molar-refractivity contribution is -0.143. The van der Waals surface area contributed by atoms with E-state index in [1.807, 2.05) is 6.08 Å². The molecule has 0 aromatic rings. The average molecular weight is 886 g/mol. The minimum atomic E-state index is -0.843. The highest BCUT2D eigenvalue weighted by Crippen LogP contribution is 2.16. The maximum absolute atomic E-state index is 12.4. The fourth-order valence-electron chi connectivity index (χ4n) is 8.37. The van der Waals surface area contributed by atoms with Gasteiger partial charge in [0.1, 0.15) is 0 Å². The van der Waals surface area contributed by atoms with Crippen molar-refractivity contribution in [1.82, 2.24) is 5.32 Å². The molecule has 0 bridgehead atoms. The van der Waals surface area contributed by atoms with Crippen LogP contribution in [0.1, 0.15) is 290 Å². The highest BCUT2D eigenvalue weighted by molar-refractivity contribution is 5.76. The lowest BCUT2D eigenvalue weighted by Crippen LogP contribution is -2.45. The second-order valence-electron chi connectivity index (χ2n) is 18.9. The van der Waals surface area contributed by atoms with Crippen molar-refractivity contribution in [3.8, 4) is 0 Å². The third kappa shape index (κ3) is 49.4. The second-order valence-corrected chi connectivity index (χ2v) is 18.9. The molecule has 0 rings (SSSR count). The number of aliphatic hydroxyl groups excluding tert-OH is 2. The predicted octanol–water partition coefficient (Wildman–Crippen LogP) is 16.9. The standard InChI is InChI=1S/C57H107NO5/c1-3-5-7-9-11-13-15-16-24-28-31-35-39-43-47-51-57(62)63-52-48-44-40-36-32-29-26-23-21-19-17-18-20-22-25-27-30-34-38-42-46-50-56(61)58-54(53-59)55(60)49-45-41-37-33-14-12-10-8-6-4-2/h11,13,16,24,45,49,54-55,59-60H,3-10,12,14-15,17-23,25-44,46-48,50-53H2,1-2H3,(H,58,61)/b13-11-,24-16-,49-45+. The van der Waals surface area contributed by atoms with Crippen LogP contribution in [-0.2, 0) is 14.3 Å². The molecular formula is C57H107NO5. The van der Waals surface area contributed by atoms with Crippen molar-refractivity contribution in [2.24, 2.45) is 0 Å². The topological polar surface area (TPSA) is 95.9 Å². The fraction of sp³-hybridized carbons (Fsp3) is 0.860. The van der Waals surface area contributed by atoms with Crippen LogP contribution in [0.25, 0.3) is 0 Å². The Labute approximate surface area is 392 Å². The van der Waals surface area contributed by atoms with E-state index in [9.17, 15) is 19.8 Å². The number of ether oxygens (including phenoxy) is 1. The molecule has 0 spiro atoms. The van der Waals surface area contributed by atoms with Crippen LogP contribution in [0.15, 0.2) is 36.5 Å². The third-order valence-electron chi connectivity index (χ3n) is 12.7. The van der Waals surface area contributed by atoms with Gasteiger partial charge in [0.05, 0.1) is 25.4 Å². The van der Waals surface area contributed by atoms with E-state index >= 15 is 0 Å². The molecule has 0 radical (unpaired) electrons. The third-order valence-corrected chi connectivity index (χ3v) is 12.7. The van der Waals surface area contributed by atoms with Gasteiger partial charge in [0.15, 0.2) is 0 Å². The summed E-state index contributed by atoms with van der Waals surface area (Å²) in [6.07, 6.45) is 64.5. The summed E-state index contributed by atoms with van der Waals surface area (Å²) in [6, 6.07) is -0.627.